The maximum Gasteiger partial charge on any atom is 0.174 e. The molecule has 5 nitrogen and oxygen atoms in total. The van der Waals surface area contributed by atoms with Crippen LogP contribution in [0, 0.1) is 13.8 Å². The molecule has 0 bridgehead atoms. The van der Waals surface area contributed by atoms with Gasteiger partial charge in [-0.15, -0.1) is 0 Å². The van der Waals surface area contributed by atoms with E-state index in [-0.39, 0.29) is 0 Å². The summed E-state index contributed by atoms with van der Waals surface area (Å²) in [6, 6.07) is 16.8. The van der Waals surface area contributed by atoms with Gasteiger partial charge in [-0.1, -0.05) is 42.5 Å². The first-order chi connectivity index (χ1) is 15.2. The lowest BCUT2D eigenvalue weighted by molar-refractivity contribution is 0.552. The van der Waals surface area contributed by atoms with Gasteiger partial charge in [0.05, 0.1) is 12.0 Å². The fraction of sp³-hybridized carbons (Fsp3) is 0.192. The van der Waals surface area contributed by atoms with Crippen LogP contribution in [0.5, 0.6) is 0 Å². The van der Waals surface area contributed by atoms with Crippen LogP contribution in [0.1, 0.15) is 46.9 Å². The lowest BCUT2D eigenvalue weighted by Crippen LogP contribution is -2.11. The summed E-state index contributed by atoms with van der Waals surface area (Å²) in [6.07, 6.45) is 12.3. The SMILES string of the molecule is Cc1cn(-c2ccc(/C=C/c3nc4n(n3)CCC/C4=C\c3ccccc3)cc2C)cn1. The zero-order chi connectivity index (χ0) is 21.2. The van der Waals surface area contributed by atoms with Crippen molar-refractivity contribution in [3.05, 3.63) is 95.1 Å². The zero-order valence-electron chi connectivity index (χ0n) is 17.9. The summed E-state index contributed by atoms with van der Waals surface area (Å²) in [4.78, 5) is 9.14. The molecule has 0 unspecified atom stereocenters. The third-order valence-corrected chi connectivity index (χ3v) is 5.57. The summed E-state index contributed by atoms with van der Waals surface area (Å²) >= 11 is 0. The van der Waals surface area contributed by atoms with E-state index in [1.807, 2.05) is 36.3 Å². The summed E-state index contributed by atoms with van der Waals surface area (Å²) in [7, 11) is 0. The molecular weight excluding hydrogens is 382 g/mol. The predicted molar refractivity (Wildman–Crippen MR) is 126 cm³/mol. The largest absolute Gasteiger partial charge is 0.306 e. The van der Waals surface area contributed by atoms with Gasteiger partial charge in [0, 0.05) is 18.4 Å². The summed E-state index contributed by atoms with van der Waals surface area (Å²) in [5.74, 6) is 1.74. The van der Waals surface area contributed by atoms with Gasteiger partial charge in [0.15, 0.2) is 11.6 Å². The molecule has 0 aliphatic carbocycles. The number of aromatic nitrogens is 5. The van der Waals surface area contributed by atoms with Crippen LogP contribution in [0.25, 0.3) is 29.5 Å². The van der Waals surface area contributed by atoms with Crippen LogP contribution in [-0.2, 0) is 6.54 Å². The average Bonchev–Trinajstić information content (AvgIpc) is 3.40. The summed E-state index contributed by atoms with van der Waals surface area (Å²) < 4.78 is 4.09. The number of hydrogen-bond donors (Lipinski definition) is 0. The fourth-order valence-electron chi connectivity index (χ4n) is 4.04. The van der Waals surface area contributed by atoms with Crippen LogP contribution in [0.2, 0.25) is 0 Å². The Hall–Kier alpha value is -3.73. The molecule has 4 aromatic rings. The number of nitrogens with zero attached hydrogens (tertiary/aromatic N) is 5. The highest BCUT2D eigenvalue weighted by Crippen LogP contribution is 2.27. The third-order valence-electron chi connectivity index (χ3n) is 5.57. The second kappa shape index (κ2) is 8.19. The minimum atomic E-state index is 0.753. The first-order valence-corrected chi connectivity index (χ1v) is 10.7. The number of imidazole rings is 1. The molecule has 5 heteroatoms. The third kappa shape index (κ3) is 4.12. The predicted octanol–water partition coefficient (Wildman–Crippen LogP) is 5.59. The molecule has 0 fully saturated rings. The molecule has 1 aliphatic rings. The van der Waals surface area contributed by atoms with E-state index in [4.69, 9.17) is 10.1 Å². The van der Waals surface area contributed by atoms with Gasteiger partial charge in [-0.05, 0) is 73.2 Å². The molecule has 0 atom stereocenters. The van der Waals surface area contributed by atoms with E-state index in [1.54, 1.807) is 0 Å². The second-order valence-electron chi connectivity index (χ2n) is 8.00. The summed E-state index contributed by atoms with van der Waals surface area (Å²) in [5, 5.41) is 4.71. The van der Waals surface area contributed by atoms with Gasteiger partial charge >= 0.3 is 0 Å². The van der Waals surface area contributed by atoms with Crippen molar-refractivity contribution < 1.29 is 0 Å². The molecule has 0 N–H and O–H groups in total. The number of rotatable bonds is 4. The number of allylic oxidation sites excluding steroid dienone is 1. The monoisotopic (exact) mass is 407 g/mol. The van der Waals surface area contributed by atoms with Gasteiger partial charge in [0.25, 0.3) is 0 Å². The first-order valence-electron chi connectivity index (χ1n) is 10.7. The molecule has 154 valence electrons. The first kappa shape index (κ1) is 19.2. The van der Waals surface area contributed by atoms with Crippen molar-refractivity contribution >= 4 is 23.8 Å². The Labute approximate surface area is 182 Å². The number of hydrogen-bond acceptors (Lipinski definition) is 3. The maximum absolute atomic E-state index is 4.82. The number of fused-ring (bicyclic) bond motifs is 1. The molecule has 0 saturated carbocycles. The second-order valence-corrected chi connectivity index (χ2v) is 8.00. The van der Waals surface area contributed by atoms with Crippen molar-refractivity contribution in [2.45, 2.75) is 33.2 Å². The summed E-state index contributed by atoms with van der Waals surface area (Å²) in [6.45, 7) is 5.04. The van der Waals surface area contributed by atoms with Crippen LogP contribution < -0.4 is 0 Å². The van der Waals surface area contributed by atoms with Crippen molar-refractivity contribution in [3.8, 4) is 5.69 Å². The van der Waals surface area contributed by atoms with Gasteiger partial charge in [-0.2, -0.15) is 5.10 Å². The Morgan fingerprint density at radius 1 is 0.968 bits per heavy atom. The van der Waals surface area contributed by atoms with E-state index < -0.39 is 0 Å². The Morgan fingerprint density at radius 2 is 1.84 bits per heavy atom. The molecular formula is C26H25N5. The molecule has 0 spiro atoms. The molecule has 3 heterocycles. The Kier molecular flexibility index (Phi) is 5.08. The smallest absolute Gasteiger partial charge is 0.174 e. The Bertz CT molecular complexity index is 1270. The Morgan fingerprint density at radius 3 is 2.61 bits per heavy atom. The maximum atomic E-state index is 4.82. The van der Waals surface area contributed by atoms with Crippen LogP contribution in [0.15, 0.2) is 61.1 Å². The van der Waals surface area contributed by atoms with E-state index in [1.165, 1.54) is 16.7 Å². The van der Waals surface area contributed by atoms with Crippen molar-refractivity contribution in [1.82, 2.24) is 24.3 Å². The van der Waals surface area contributed by atoms with E-state index in [0.29, 0.717) is 0 Å². The van der Waals surface area contributed by atoms with Crippen LogP contribution >= 0.6 is 0 Å². The standard InChI is InChI=1S/C26H25N5/c1-19-15-22(10-12-24(19)30-17-20(2)27-18-30)11-13-25-28-26-23(9-6-14-31(26)29-25)16-21-7-4-3-5-8-21/h3-5,7-8,10-13,15-18H,6,9,14H2,1-2H3/b13-11+,23-16+. The van der Waals surface area contributed by atoms with Crippen LogP contribution in [0.3, 0.4) is 0 Å². The molecule has 0 amide bonds. The molecule has 5 rings (SSSR count). The summed E-state index contributed by atoms with van der Waals surface area (Å²) in [5.41, 5.74) is 6.94. The highest BCUT2D eigenvalue weighted by Gasteiger charge is 2.17. The molecule has 2 aromatic heterocycles. The van der Waals surface area contributed by atoms with Gasteiger partial charge in [-0.3, -0.25) is 0 Å². The topological polar surface area (TPSA) is 48.5 Å². The zero-order valence-corrected chi connectivity index (χ0v) is 17.9. The molecule has 1 aliphatic heterocycles. The molecule has 31 heavy (non-hydrogen) atoms. The van der Waals surface area contributed by atoms with E-state index in [2.05, 4.69) is 71.1 Å². The fourth-order valence-corrected chi connectivity index (χ4v) is 4.04. The van der Waals surface area contributed by atoms with Crippen LogP contribution in [-0.4, -0.2) is 24.3 Å². The minimum Gasteiger partial charge on any atom is -0.306 e. The highest BCUT2D eigenvalue weighted by atomic mass is 15.3. The van der Waals surface area contributed by atoms with E-state index in [0.717, 1.165) is 48.0 Å². The Balaban J connectivity index is 1.39. The normalized spacial score (nSPS) is 15.0. The quantitative estimate of drug-likeness (QED) is 0.443. The van der Waals surface area contributed by atoms with Gasteiger partial charge in [-0.25, -0.2) is 14.6 Å². The van der Waals surface area contributed by atoms with Crippen molar-refractivity contribution in [2.24, 2.45) is 0 Å². The lowest BCUT2D eigenvalue weighted by Gasteiger charge is -2.15. The average molecular weight is 408 g/mol. The van der Waals surface area contributed by atoms with Gasteiger partial charge in [0.2, 0.25) is 0 Å². The van der Waals surface area contributed by atoms with Gasteiger partial charge < -0.3 is 4.57 Å². The van der Waals surface area contributed by atoms with Crippen molar-refractivity contribution in [1.29, 1.82) is 0 Å². The molecule has 0 radical (unpaired) electrons. The van der Waals surface area contributed by atoms with Crippen LogP contribution in [0.4, 0.5) is 0 Å². The van der Waals surface area contributed by atoms with Crippen molar-refractivity contribution in [3.63, 3.8) is 0 Å². The molecule has 0 saturated heterocycles. The number of aryl methyl sites for hydroxylation is 3. The van der Waals surface area contributed by atoms with Gasteiger partial charge in [0.1, 0.15) is 0 Å². The molecule has 2 aromatic carbocycles. The van der Waals surface area contributed by atoms with E-state index >= 15 is 0 Å². The van der Waals surface area contributed by atoms with Crippen molar-refractivity contribution in [2.75, 3.05) is 0 Å². The number of benzene rings is 2. The highest BCUT2D eigenvalue weighted by molar-refractivity contribution is 5.79. The minimum absolute atomic E-state index is 0.753. The van der Waals surface area contributed by atoms with E-state index in [9.17, 15) is 0 Å². The lowest BCUT2D eigenvalue weighted by atomic mass is 10.0.